The van der Waals surface area contributed by atoms with Gasteiger partial charge in [0.1, 0.15) is 5.82 Å². The fourth-order valence-electron chi connectivity index (χ4n) is 2.40. The van der Waals surface area contributed by atoms with E-state index >= 15 is 0 Å². The zero-order chi connectivity index (χ0) is 17.5. The van der Waals surface area contributed by atoms with Crippen LogP contribution < -0.4 is 5.32 Å². The fraction of sp³-hybridized carbons (Fsp3) is 0.294. The van der Waals surface area contributed by atoms with Crippen molar-refractivity contribution in [2.75, 3.05) is 11.1 Å². The molecule has 0 unspecified atom stereocenters. The summed E-state index contributed by atoms with van der Waals surface area (Å²) in [5.74, 6) is 1.15. The number of hydrogen-bond donors (Lipinski definition) is 1. The molecule has 0 bridgehead atoms. The van der Waals surface area contributed by atoms with E-state index in [4.69, 9.17) is 0 Å². The lowest BCUT2D eigenvalue weighted by atomic mass is 10.1. The van der Waals surface area contributed by atoms with Gasteiger partial charge in [-0.3, -0.25) is 4.79 Å². The molecule has 0 atom stereocenters. The van der Waals surface area contributed by atoms with E-state index in [0.717, 1.165) is 30.4 Å². The maximum absolute atomic E-state index is 12.0. The van der Waals surface area contributed by atoms with Crippen LogP contribution in [-0.2, 0) is 24.2 Å². The number of aryl methyl sites for hydroxylation is 2. The second-order valence-corrected chi connectivity index (χ2v) is 7.14. The minimum Gasteiger partial charge on any atom is -0.306 e. The molecule has 2 heterocycles. The van der Waals surface area contributed by atoms with Crippen molar-refractivity contribution in [1.29, 1.82) is 0 Å². The Kier molecular flexibility index (Phi) is 6.19. The summed E-state index contributed by atoms with van der Waals surface area (Å²) >= 11 is 2.80. The molecule has 0 aliphatic carbocycles. The Balaban J connectivity index is 1.56. The van der Waals surface area contributed by atoms with Crippen molar-refractivity contribution in [3.8, 4) is 0 Å². The molecule has 1 N–H and O–H groups in total. The maximum atomic E-state index is 12.0. The predicted octanol–water partition coefficient (Wildman–Crippen LogP) is 3.27. The summed E-state index contributed by atoms with van der Waals surface area (Å²) in [5, 5.41) is 14.6. The summed E-state index contributed by atoms with van der Waals surface area (Å²) in [4.78, 5) is 16.0. The van der Waals surface area contributed by atoms with Gasteiger partial charge in [0, 0.05) is 24.5 Å². The van der Waals surface area contributed by atoms with Crippen molar-refractivity contribution in [2.45, 2.75) is 31.5 Å². The number of thiazole rings is 1. The Bertz CT molecular complexity index is 802. The minimum absolute atomic E-state index is 0.0866. The Morgan fingerprint density at radius 1 is 1.24 bits per heavy atom. The molecule has 0 saturated carbocycles. The molecule has 1 amide bonds. The third kappa shape index (κ3) is 4.90. The van der Waals surface area contributed by atoms with Crippen molar-refractivity contribution < 1.29 is 4.79 Å². The molecule has 0 saturated heterocycles. The zero-order valence-corrected chi connectivity index (χ0v) is 15.5. The number of carbonyl (C=O) groups excluding carboxylic acids is 1. The van der Waals surface area contributed by atoms with Crippen molar-refractivity contribution in [3.63, 3.8) is 0 Å². The predicted molar refractivity (Wildman–Crippen MR) is 101 cm³/mol. The van der Waals surface area contributed by atoms with Gasteiger partial charge in [-0.05, 0) is 18.9 Å². The molecule has 0 radical (unpaired) electrons. The highest BCUT2D eigenvalue weighted by molar-refractivity contribution is 7.99. The first-order chi connectivity index (χ1) is 12.3. The minimum atomic E-state index is -0.0866. The van der Waals surface area contributed by atoms with E-state index in [1.807, 2.05) is 23.6 Å². The summed E-state index contributed by atoms with van der Waals surface area (Å²) in [6.07, 6.45) is 3.42. The molecule has 3 aromatic rings. The van der Waals surface area contributed by atoms with Gasteiger partial charge in [-0.15, -0.1) is 21.5 Å². The first-order valence-corrected chi connectivity index (χ1v) is 9.91. The molecule has 130 valence electrons. The average molecular weight is 374 g/mol. The molecule has 2 aromatic heterocycles. The van der Waals surface area contributed by atoms with Crippen LogP contribution >= 0.6 is 23.1 Å². The first-order valence-electron chi connectivity index (χ1n) is 8.04. The van der Waals surface area contributed by atoms with Gasteiger partial charge in [0.2, 0.25) is 5.91 Å². The Hall–Kier alpha value is -2.19. The van der Waals surface area contributed by atoms with Crippen LogP contribution in [0.2, 0.25) is 0 Å². The highest BCUT2D eigenvalue weighted by atomic mass is 32.2. The van der Waals surface area contributed by atoms with Crippen LogP contribution in [0.15, 0.2) is 47.1 Å². The normalized spacial score (nSPS) is 10.8. The highest BCUT2D eigenvalue weighted by Gasteiger charge is 2.13. The van der Waals surface area contributed by atoms with Gasteiger partial charge in [-0.25, -0.2) is 4.98 Å². The van der Waals surface area contributed by atoms with Gasteiger partial charge in [0.15, 0.2) is 10.3 Å². The molecular weight excluding hydrogens is 354 g/mol. The number of nitrogens with zero attached hydrogens (tertiary/aromatic N) is 4. The summed E-state index contributed by atoms with van der Waals surface area (Å²) < 4.78 is 2.07. The molecule has 0 spiro atoms. The monoisotopic (exact) mass is 373 g/mol. The van der Waals surface area contributed by atoms with E-state index in [1.165, 1.54) is 28.7 Å². The summed E-state index contributed by atoms with van der Waals surface area (Å²) in [6, 6.07) is 10.3. The number of rotatable bonds is 8. The molecule has 8 heteroatoms. The zero-order valence-electron chi connectivity index (χ0n) is 13.9. The van der Waals surface area contributed by atoms with E-state index in [-0.39, 0.29) is 11.7 Å². The van der Waals surface area contributed by atoms with Crippen molar-refractivity contribution in [1.82, 2.24) is 19.7 Å². The smallest absolute Gasteiger partial charge is 0.236 e. The van der Waals surface area contributed by atoms with E-state index in [1.54, 1.807) is 6.20 Å². The van der Waals surface area contributed by atoms with Crippen LogP contribution in [0.5, 0.6) is 0 Å². The molecule has 0 aliphatic heterocycles. The van der Waals surface area contributed by atoms with E-state index < -0.39 is 0 Å². The molecule has 0 fully saturated rings. The standard InChI is InChI=1S/C17H19N5OS2/c1-2-22-14(9-8-13-6-4-3-5-7-13)20-21-17(22)25-12-15(23)19-16-18-10-11-24-16/h3-7,10-11H,2,8-9,12H2,1H3,(H,18,19,23). The van der Waals surface area contributed by atoms with Crippen molar-refractivity contribution in [3.05, 3.63) is 53.3 Å². The van der Waals surface area contributed by atoms with Crippen LogP contribution in [-0.4, -0.2) is 31.4 Å². The van der Waals surface area contributed by atoms with E-state index in [9.17, 15) is 4.79 Å². The molecular formula is C17H19N5OS2. The van der Waals surface area contributed by atoms with Gasteiger partial charge in [0.25, 0.3) is 0 Å². The summed E-state index contributed by atoms with van der Waals surface area (Å²) in [7, 11) is 0. The number of hydrogen-bond acceptors (Lipinski definition) is 6. The Morgan fingerprint density at radius 3 is 2.80 bits per heavy atom. The second kappa shape index (κ2) is 8.77. The van der Waals surface area contributed by atoms with Gasteiger partial charge < -0.3 is 9.88 Å². The van der Waals surface area contributed by atoms with Crippen molar-refractivity contribution in [2.24, 2.45) is 0 Å². The number of carbonyl (C=O) groups is 1. The quantitative estimate of drug-likeness (QED) is 0.614. The number of aromatic nitrogens is 4. The van der Waals surface area contributed by atoms with Gasteiger partial charge in [-0.1, -0.05) is 42.1 Å². The van der Waals surface area contributed by atoms with Crippen molar-refractivity contribution >= 4 is 34.1 Å². The summed E-state index contributed by atoms with van der Waals surface area (Å²) in [6.45, 7) is 2.85. The average Bonchev–Trinajstić information content (AvgIpc) is 3.28. The number of amides is 1. The first kappa shape index (κ1) is 17.6. The van der Waals surface area contributed by atoms with E-state index in [2.05, 4.69) is 44.1 Å². The van der Waals surface area contributed by atoms with Crippen LogP contribution in [0, 0.1) is 0 Å². The number of anilines is 1. The molecule has 3 rings (SSSR count). The SMILES string of the molecule is CCn1c(CCc2ccccc2)nnc1SCC(=O)Nc1nccs1. The van der Waals surface area contributed by atoms with Crippen LogP contribution in [0.25, 0.3) is 0 Å². The lowest BCUT2D eigenvalue weighted by Crippen LogP contribution is -2.14. The highest BCUT2D eigenvalue weighted by Crippen LogP contribution is 2.19. The number of benzene rings is 1. The third-order valence-electron chi connectivity index (χ3n) is 3.60. The topological polar surface area (TPSA) is 72.7 Å². The molecule has 1 aromatic carbocycles. The lowest BCUT2D eigenvalue weighted by Gasteiger charge is -2.07. The number of thioether (sulfide) groups is 1. The van der Waals surface area contributed by atoms with Crippen LogP contribution in [0.4, 0.5) is 5.13 Å². The lowest BCUT2D eigenvalue weighted by molar-refractivity contribution is -0.113. The summed E-state index contributed by atoms with van der Waals surface area (Å²) in [5.41, 5.74) is 1.28. The fourth-order valence-corrected chi connectivity index (χ4v) is 3.77. The maximum Gasteiger partial charge on any atom is 0.236 e. The van der Waals surface area contributed by atoms with E-state index in [0.29, 0.717) is 5.13 Å². The third-order valence-corrected chi connectivity index (χ3v) is 5.26. The number of nitrogens with one attached hydrogen (secondary N) is 1. The van der Waals surface area contributed by atoms with Gasteiger partial charge in [-0.2, -0.15) is 0 Å². The van der Waals surface area contributed by atoms with Gasteiger partial charge >= 0.3 is 0 Å². The molecule has 25 heavy (non-hydrogen) atoms. The van der Waals surface area contributed by atoms with Gasteiger partial charge in [0.05, 0.1) is 5.75 Å². The molecule has 6 nitrogen and oxygen atoms in total. The Morgan fingerprint density at radius 2 is 2.08 bits per heavy atom. The second-order valence-electron chi connectivity index (χ2n) is 5.30. The van der Waals surface area contributed by atoms with Crippen LogP contribution in [0.3, 0.4) is 0 Å². The van der Waals surface area contributed by atoms with Crippen LogP contribution in [0.1, 0.15) is 18.3 Å². The largest absolute Gasteiger partial charge is 0.306 e. The molecule has 0 aliphatic rings. The Labute approximate surface area is 154 Å².